The highest BCUT2D eigenvalue weighted by atomic mass is 19.4. The summed E-state index contributed by atoms with van der Waals surface area (Å²) in [5.41, 5.74) is 0. The van der Waals surface area contributed by atoms with Crippen molar-refractivity contribution >= 4 is 0 Å². The van der Waals surface area contributed by atoms with Gasteiger partial charge in [0, 0.05) is 0 Å². The lowest BCUT2D eigenvalue weighted by atomic mass is 10.1. The van der Waals surface area contributed by atoms with Crippen molar-refractivity contribution in [2.45, 2.75) is 44.2 Å². The Labute approximate surface area is 88.1 Å². The molecule has 0 atom stereocenters. The SMILES string of the molecule is CCCCC=CC(F)(F)C(F)(F)C(F)(F)F. The number of halogens is 7. The lowest BCUT2D eigenvalue weighted by Crippen LogP contribution is -2.50. The van der Waals surface area contributed by atoms with Crippen LogP contribution in [0, 0.1) is 0 Å². The molecule has 0 unspecified atom stereocenters. The van der Waals surface area contributed by atoms with Gasteiger partial charge < -0.3 is 0 Å². The van der Waals surface area contributed by atoms with Gasteiger partial charge in [-0.15, -0.1) is 0 Å². The van der Waals surface area contributed by atoms with Crippen molar-refractivity contribution in [1.29, 1.82) is 0 Å². The van der Waals surface area contributed by atoms with Crippen LogP contribution in [0.5, 0.6) is 0 Å². The molecule has 96 valence electrons. The molecule has 0 aromatic heterocycles. The maximum atomic E-state index is 12.6. The van der Waals surface area contributed by atoms with Crippen LogP contribution in [0.3, 0.4) is 0 Å². The molecule has 7 heteroatoms. The van der Waals surface area contributed by atoms with E-state index in [0.717, 1.165) is 0 Å². The summed E-state index contributed by atoms with van der Waals surface area (Å²) in [5.74, 6) is -11.2. The minimum Gasteiger partial charge on any atom is -0.195 e. The van der Waals surface area contributed by atoms with Gasteiger partial charge in [0.1, 0.15) is 0 Å². The van der Waals surface area contributed by atoms with Crippen molar-refractivity contribution in [3.8, 4) is 0 Å². The molecule has 0 aliphatic heterocycles. The summed E-state index contributed by atoms with van der Waals surface area (Å²) in [4.78, 5) is 0. The van der Waals surface area contributed by atoms with Crippen LogP contribution < -0.4 is 0 Å². The van der Waals surface area contributed by atoms with Crippen LogP contribution >= 0.6 is 0 Å². The van der Waals surface area contributed by atoms with Crippen molar-refractivity contribution < 1.29 is 30.7 Å². The first kappa shape index (κ1) is 15.2. The molecule has 0 aromatic rings. The van der Waals surface area contributed by atoms with Gasteiger partial charge in [-0.1, -0.05) is 25.8 Å². The summed E-state index contributed by atoms with van der Waals surface area (Å²) in [6.07, 6.45) is -4.87. The molecular weight excluding hydrogens is 241 g/mol. The lowest BCUT2D eigenvalue weighted by Gasteiger charge is -2.25. The van der Waals surface area contributed by atoms with E-state index in [2.05, 4.69) is 0 Å². The highest BCUT2D eigenvalue weighted by Crippen LogP contribution is 2.47. The number of allylic oxidation sites excluding steroid dienone is 2. The molecule has 0 amide bonds. The van der Waals surface area contributed by atoms with Crippen LogP contribution in [-0.2, 0) is 0 Å². The zero-order chi connectivity index (χ0) is 13.0. The molecule has 0 N–H and O–H groups in total. The molecule has 0 saturated carbocycles. The van der Waals surface area contributed by atoms with Gasteiger partial charge in [-0.25, -0.2) is 0 Å². The van der Waals surface area contributed by atoms with Gasteiger partial charge in [0.05, 0.1) is 0 Å². The van der Waals surface area contributed by atoms with E-state index in [1.54, 1.807) is 6.92 Å². The number of unbranched alkanes of at least 4 members (excludes halogenated alkanes) is 2. The van der Waals surface area contributed by atoms with E-state index >= 15 is 0 Å². The fraction of sp³-hybridized carbons (Fsp3) is 0.778. The first-order valence-corrected chi connectivity index (χ1v) is 4.56. The van der Waals surface area contributed by atoms with Crippen LogP contribution in [-0.4, -0.2) is 18.0 Å². The molecular formula is C9H11F7. The van der Waals surface area contributed by atoms with Gasteiger partial charge in [0.2, 0.25) is 0 Å². The zero-order valence-corrected chi connectivity index (χ0v) is 8.42. The molecule has 0 heterocycles. The second-order valence-corrected chi connectivity index (χ2v) is 3.24. The van der Waals surface area contributed by atoms with E-state index in [9.17, 15) is 30.7 Å². The molecule has 0 radical (unpaired) electrons. The minimum absolute atomic E-state index is 0.0417. The van der Waals surface area contributed by atoms with Crippen LogP contribution in [0.2, 0.25) is 0 Å². The maximum Gasteiger partial charge on any atom is 0.460 e. The Bertz CT molecular complexity index is 239. The van der Waals surface area contributed by atoms with Crippen LogP contribution in [0.4, 0.5) is 30.7 Å². The average Bonchev–Trinajstić information content (AvgIpc) is 2.10. The number of hydrogen-bond donors (Lipinski definition) is 0. The quantitative estimate of drug-likeness (QED) is 0.382. The van der Waals surface area contributed by atoms with E-state index in [-0.39, 0.29) is 12.5 Å². The molecule has 0 nitrogen and oxygen atoms in total. The predicted octanol–water partition coefficient (Wildman–Crippen LogP) is 4.57. The van der Waals surface area contributed by atoms with Gasteiger partial charge in [0.15, 0.2) is 0 Å². The van der Waals surface area contributed by atoms with Gasteiger partial charge in [-0.05, 0) is 12.5 Å². The number of rotatable bonds is 5. The Morgan fingerprint density at radius 2 is 1.44 bits per heavy atom. The summed E-state index contributed by atoms with van der Waals surface area (Å²) < 4.78 is 84.6. The van der Waals surface area contributed by atoms with Crippen molar-refractivity contribution in [3.05, 3.63) is 12.2 Å². The van der Waals surface area contributed by atoms with Gasteiger partial charge >= 0.3 is 18.0 Å². The Morgan fingerprint density at radius 3 is 1.81 bits per heavy atom. The van der Waals surface area contributed by atoms with E-state index < -0.39 is 18.0 Å². The molecule has 0 saturated heterocycles. The van der Waals surface area contributed by atoms with E-state index in [1.165, 1.54) is 0 Å². The first-order valence-electron chi connectivity index (χ1n) is 4.56. The van der Waals surface area contributed by atoms with Gasteiger partial charge in [-0.2, -0.15) is 30.7 Å². The maximum absolute atomic E-state index is 12.6. The van der Waals surface area contributed by atoms with Crippen molar-refractivity contribution in [3.63, 3.8) is 0 Å². The van der Waals surface area contributed by atoms with Crippen molar-refractivity contribution in [2.24, 2.45) is 0 Å². The summed E-state index contributed by atoms with van der Waals surface area (Å²) in [6.45, 7) is 1.73. The van der Waals surface area contributed by atoms with E-state index in [0.29, 0.717) is 18.9 Å². The van der Waals surface area contributed by atoms with E-state index in [4.69, 9.17) is 0 Å². The summed E-state index contributed by atoms with van der Waals surface area (Å²) >= 11 is 0. The van der Waals surface area contributed by atoms with Crippen molar-refractivity contribution in [1.82, 2.24) is 0 Å². The summed E-state index contributed by atoms with van der Waals surface area (Å²) in [6, 6.07) is 0. The third kappa shape index (κ3) is 3.38. The standard InChI is InChI=1S/C9H11F7/c1-2-3-4-5-6-7(10,11)8(12,13)9(14,15)16/h5-6H,2-4H2,1H3. The van der Waals surface area contributed by atoms with Crippen LogP contribution in [0.15, 0.2) is 12.2 Å². The highest BCUT2D eigenvalue weighted by molar-refractivity contribution is 5.05. The fourth-order valence-corrected chi connectivity index (χ4v) is 0.847. The van der Waals surface area contributed by atoms with Gasteiger partial charge in [0.25, 0.3) is 0 Å². The van der Waals surface area contributed by atoms with Crippen LogP contribution in [0.25, 0.3) is 0 Å². The topological polar surface area (TPSA) is 0 Å². The Hall–Kier alpha value is -0.750. The van der Waals surface area contributed by atoms with Gasteiger partial charge in [-0.3, -0.25) is 0 Å². The summed E-state index contributed by atoms with van der Waals surface area (Å²) in [5, 5.41) is 0. The third-order valence-corrected chi connectivity index (χ3v) is 1.83. The van der Waals surface area contributed by atoms with Crippen LogP contribution in [0.1, 0.15) is 26.2 Å². The Kier molecular flexibility index (Phi) is 4.82. The molecule has 16 heavy (non-hydrogen) atoms. The minimum atomic E-state index is -6.26. The molecule has 0 aromatic carbocycles. The normalized spacial score (nSPS) is 14.8. The Balaban J connectivity index is 4.71. The molecule has 0 bridgehead atoms. The third-order valence-electron chi connectivity index (χ3n) is 1.83. The summed E-state index contributed by atoms with van der Waals surface area (Å²) in [7, 11) is 0. The van der Waals surface area contributed by atoms with E-state index in [1.807, 2.05) is 0 Å². The van der Waals surface area contributed by atoms with Crippen molar-refractivity contribution in [2.75, 3.05) is 0 Å². The highest BCUT2D eigenvalue weighted by Gasteiger charge is 2.71. The molecule has 0 spiro atoms. The second kappa shape index (κ2) is 5.05. The number of alkyl halides is 7. The molecule has 0 fully saturated rings. The second-order valence-electron chi connectivity index (χ2n) is 3.24. The zero-order valence-electron chi connectivity index (χ0n) is 8.42. The molecule has 0 aliphatic rings. The molecule has 0 aliphatic carbocycles. The fourth-order valence-electron chi connectivity index (χ4n) is 0.847. The number of hydrogen-bond acceptors (Lipinski definition) is 0. The smallest absolute Gasteiger partial charge is 0.195 e. The monoisotopic (exact) mass is 252 g/mol. The largest absolute Gasteiger partial charge is 0.460 e. The average molecular weight is 252 g/mol. The first-order chi connectivity index (χ1) is 7.06. The lowest BCUT2D eigenvalue weighted by molar-refractivity contribution is -0.341. The predicted molar refractivity (Wildman–Crippen MR) is 44.6 cm³/mol. The molecule has 0 rings (SSSR count). The Morgan fingerprint density at radius 1 is 0.938 bits per heavy atom.